The smallest absolute Gasteiger partial charge is 0.0899 e. The predicted molar refractivity (Wildman–Crippen MR) is 193 cm³/mol. The standard InChI is InChI=1S/C37H58Cl2P2/c1-31(2,3)23-19-25(33(7,8)9)29(26(20-23)34(10,11)12)40-37(38,39)41(40)30-27(35(13,14)15)21-24(32(4,5)6)22-28(30)36(16,17)18/h19-22H,1-18H3/t40-,41-/m0/s1. The van der Waals surface area contributed by atoms with E-state index in [0.29, 0.717) is 0 Å². The van der Waals surface area contributed by atoms with Crippen LogP contribution in [0.25, 0.3) is 0 Å². The fraction of sp³-hybridized carbons (Fsp3) is 0.676. The van der Waals surface area contributed by atoms with Crippen LogP contribution in [-0.4, -0.2) is 3.82 Å². The number of hydrogen-bond donors (Lipinski definition) is 0. The van der Waals surface area contributed by atoms with Crippen LogP contribution < -0.4 is 10.6 Å². The Hall–Kier alpha value is -0.120. The van der Waals surface area contributed by atoms with Crippen LogP contribution in [0.15, 0.2) is 24.3 Å². The van der Waals surface area contributed by atoms with Crippen LogP contribution in [0.3, 0.4) is 0 Å². The maximum atomic E-state index is 7.61. The van der Waals surface area contributed by atoms with Crippen molar-refractivity contribution in [2.24, 2.45) is 0 Å². The maximum Gasteiger partial charge on any atom is 0.171 e. The van der Waals surface area contributed by atoms with E-state index >= 15 is 0 Å². The third-order valence-electron chi connectivity index (χ3n) is 8.28. The average molecular weight is 636 g/mol. The second-order valence-corrected chi connectivity index (χ2v) is 27.1. The second kappa shape index (κ2) is 10.5. The molecule has 0 amide bonds. The molecular weight excluding hydrogens is 577 g/mol. The minimum absolute atomic E-state index is 0.0256. The van der Waals surface area contributed by atoms with E-state index in [4.69, 9.17) is 23.2 Å². The molecular formula is C37H58Cl2P2. The molecule has 1 aliphatic heterocycles. The molecule has 0 saturated carbocycles. The fourth-order valence-electron chi connectivity index (χ4n) is 5.53. The summed E-state index contributed by atoms with van der Waals surface area (Å²) in [6.45, 7) is 42.2. The van der Waals surface area contributed by atoms with Crippen LogP contribution in [0.5, 0.6) is 0 Å². The summed E-state index contributed by atoms with van der Waals surface area (Å²) in [5.41, 5.74) is 8.51. The highest BCUT2D eigenvalue weighted by atomic mass is 35.5. The van der Waals surface area contributed by atoms with E-state index in [2.05, 4.69) is 149 Å². The molecule has 1 saturated heterocycles. The van der Waals surface area contributed by atoms with Crippen molar-refractivity contribution in [1.82, 2.24) is 0 Å². The summed E-state index contributed by atoms with van der Waals surface area (Å²) >= 11 is 15.2. The first-order chi connectivity index (χ1) is 17.9. The average Bonchev–Trinajstić information content (AvgIpc) is 3.28. The second-order valence-electron chi connectivity index (χ2n) is 18.5. The number of alkyl halides is 2. The molecule has 0 spiro atoms. The molecule has 2 aromatic carbocycles. The van der Waals surface area contributed by atoms with Crippen molar-refractivity contribution in [3.8, 4) is 0 Å². The lowest BCUT2D eigenvalue weighted by atomic mass is 9.75. The van der Waals surface area contributed by atoms with E-state index < -0.39 is 19.0 Å². The first kappa shape index (κ1) is 35.4. The van der Waals surface area contributed by atoms with E-state index in [-0.39, 0.29) is 32.5 Å². The normalized spacial score (nSPS) is 20.4. The van der Waals surface area contributed by atoms with E-state index in [1.165, 1.54) is 44.0 Å². The lowest BCUT2D eigenvalue weighted by Crippen LogP contribution is -2.31. The molecule has 0 N–H and O–H groups in total. The van der Waals surface area contributed by atoms with Crippen molar-refractivity contribution in [3.05, 3.63) is 57.6 Å². The van der Waals surface area contributed by atoms with Gasteiger partial charge < -0.3 is 0 Å². The Labute approximate surface area is 266 Å². The van der Waals surface area contributed by atoms with Gasteiger partial charge >= 0.3 is 0 Å². The third kappa shape index (κ3) is 7.08. The zero-order valence-corrected chi connectivity index (χ0v) is 32.8. The molecule has 0 nitrogen and oxygen atoms in total. The molecule has 2 atom stereocenters. The Morgan fingerprint density at radius 1 is 0.390 bits per heavy atom. The first-order valence-electron chi connectivity index (χ1n) is 15.3. The highest BCUT2D eigenvalue weighted by Gasteiger charge is 2.67. The number of hydrogen-bond acceptors (Lipinski definition) is 0. The van der Waals surface area contributed by atoms with Gasteiger partial charge in [-0.05, 0) is 76.5 Å². The van der Waals surface area contributed by atoms with Gasteiger partial charge in [-0.1, -0.05) is 172 Å². The molecule has 1 heterocycles. The Kier molecular flexibility index (Phi) is 9.03. The summed E-state index contributed by atoms with van der Waals surface area (Å²) in [6.07, 6.45) is 0. The van der Waals surface area contributed by atoms with Crippen LogP contribution in [0.1, 0.15) is 158 Å². The molecule has 1 fully saturated rings. The Balaban J connectivity index is 2.50. The Bertz CT molecular complexity index is 1140. The zero-order chi connectivity index (χ0) is 32.1. The number of halogens is 2. The zero-order valence-electron chi connectivity index (χ0n) is 29.5. The summed E-state index contributed by atoms with van der Waals surface area (Å²) in [7, 11) is -1.63. The van der Waals surface area contributed by atoms with Crippen LogP contribution in [0.2, 0.25) is 0 Å². The molecule has 4 heteroatoms. The quantitative estimate of drug-likeness (QED) is 0.228. The molecule has 230 valence electrons. The van der Waals surface area contributed by atoms with Gasteiger partial charge in [0.15, 0.2) is 3.82 Å². The molecule has 3 rings (SSSR count). The van der Waals surface area contributed by atoms with Gasteiger partial charge in [0.25, 0.3) is 0 Å². The topological polar surface area (TPSA) is 0 Å². The molecule has 1 aliphatic rings. The molecule has 0 unspecified atom stereocenters. The highest BCUT2D eigenvalue weighted by molar-refractivity contribution is 8.55. The summed E-state index contributed by atoms with van der Waals surface area (Å²) in [4.78, 5) is 0. The molecule has 0 bridgehead atoms. The van der Waals surface area contributed by atoms with E-state index in [1.807, 2.05) is 0 Å². The van der Waals surface area contributed by atoms with Gasteiger partial charge in [-0.25, -0.2) is 0 Å². The van der Waals surface area contributed by atoms with Gasteiger partial charge in [0.2, 0.25) is 0 Å². The molecule has 41 heavy (non-hydrogen) atoms. The summed E-state index contributed by atoms with van der Waals surface area (Å²) in [5.74, 6) is 0. The van der Waals surface area contributed by atoms with Gasteiger partial charge in [-0.2, -0.15) is 0 Å². The van der Waals surface area contributed by atoms with Gasteiger partial charge in [0.05, 0.1) is 0 Å². The lowest BCUT2D eigenvalue weighted by Gasteiger charge is -2.35. The van der Waals surface area contributed by atoms with Gasteiger partial charge in [0, 0.05) is 15.2 Å². The van der Waals surface area contributed by atoms with Crippen molar-refractivity contribution in [2.45, 2.75) is 161 Å². The number of benzene rings is 2. The van der Waals surface area contributed by atoms with Gasteiger partial charge in [-0.3, -0.25) is 0 Å². The fourth-order valence-corrected chi connectivity index (χ4v) is 17.4. The van der Waals surface area contributed by atoms with Crippen molar-refractivity contribution in [2.75, 3.05) is 0 Å². The van der Waals surface area contributed by atoms with Crippen LogP contribution in [0.4, 0.5) is 0 Å². The maximum absolute atomic E-state index is 7.61. The first-order valence-corrected chi connectivity index (χ1v) is 19.4. The minimum atomic E-state index is -0.816. The van der Waals surface area contributed by atoms with E-state index in [1.54, 1.807) is 0 Å². The van der Waals surface area contributed by atoms with Crippen LogP contribution in [0, 0.1) is 0 Å². The molecule has 2 aromatic rings. The van der Waals surface area contributed by atoms with E-state index in [9.17, 15) is 0 Å². The summed E-state index contributed by atoms with van der Waals surface area (Å²) in [6, 6.07) is 9.95. The van der Waals surface area contributed by atoms with Crippen molar-refractivity contribution >= 4 is 49.0 Å². The lowest BCUT2D eigenvalue weighted by molar-refractivity contribution is 0.553. The summed E-state index contributed by atoms with van der Waals surface area (Å²) < 4.78 is -0.753. The monoisotopic (exact) mass is 634 g/mol. The predicted octanol–water partition coefficient (Wildman–Crippen LogP) is 12.4. The van der Waals surface area contributed by atoms with Crippen molar-refractivity contribution < 1.29 is 0 Å². The number of rotatable bonds is 2. The van der Waals surface area contributed by atoms with Crippen LogP contribution >= 0.6 is 38.4 Å². The van der Waals surface area contributed by atoms with Crippen molar-refractivity contribution in [3.63, 3.8) is 0 Å². The Morgan fingerprint density at radius 3 is 0.732 bits per heavy atom. The van der Waals surface area contributed by atoms with Gasteiger partial charge in [-0.15, -0.1) is 0 Å². The molecule has 0 aromatic heterocycles. The van der Waals surface area contributed by atoms with Gasteiger partial charge in [0.1, 0.15) is 0 Å². The van der Waals surface area contributed by atoms with Crippen molar-refractivity contribution in [1.29, 1.82) is 0 Å². The minimum Gasteiger partial charge on any atom is -0.0899 e. The third-order valence-corrected chi connectivity index (χ3v) is 19.4. The molecule has 0 radical (unpaired) electrons. The Morgan fingerprint density at radius 2 is 0.585 bits per heavy atom. The highest BCUT2D eigenvalue weighted by Crippen LogP contribution is 3.04. The molecule has 0 aliphatic carbocycles. The summed E-state index contributed by atoms with van der Waals surface area (Å²) in [5, 5.41) is 2.92. The van der Waals surface area contributed by atoms with E-state index in [0.717, 1.165) is 0 Å². The largest absolute Gasteiger partial charge is 0.171 e. The SMILES string of the molecule is CC(C)(C)c1cc(C(C)(C)C)c([P@]2[P@@](c3c(C(C)(C)C)cc(C(C)(C)C)cc3C(C)(C)C)C2(Cl)Cl)c(C(C)(C)C)c1. The van der Waals surface area contributed by atoms with Crippen LogP contribution in [-0.2, 0) is 32.5 Å².